The van der Waals surface area contributed by atoms with Gasteiger partial charge in [-0.3, -0.25) is 4.79 Å². The zero-order valence-electron chi connectivity index (χ0n) is 11.7. The van der Waals surface area contributed by atoms with Crippen LogP contribution in [0.4, 0.5) is 0 Å². The predicted octanol–water partition coefficient (Wildman–Crippen LogP) is 2.08. The summed E-state index contributed by atoms with van der Waals surface area (Å²) in [4.78, 5) is 14.5. The van der Waals surface area contributed by atoms with Crippen molar-refractivity contribution < 1.29 is 14.3 Å². The molecule has 0 saturated carbocycles. The van der Waals surface area contributed by atoms with Gasteiger partial charge in [0.25, 0.3) is 5.91 Å². The lowest BCUT2D eigenvalue weighted by atomic mass is 10.1. The van der Waals surface area contributed by atoms with Crippen LogP contribution in [0.2, 0.25) is 0 Å². The van der Waals surface area contributed by atoms with Gasteiger partial charge in [-0.15, -0.1) is 12.4 Å². The first-order valence-electron chi connectivity index (χ1n) is 6.77. The molecule has 0 bridgehead atoms. The van der Waals surface area contributed by atoms with Crippen LogP contribution in [-0.2, 0) is 0 Å². The number of rotatable bonds is 1. The van der Waals surface area contributed by atoms with Crippen LogP contribution in [0, 0.1) is 0 Å². The van der Waals surface area contributed by atoms with Crippen LogP contribution < -0.4 is 14.8 Å². The third-order valence-electron chi connectivity index (χ3n) is 3.61. The number of amides is 1. The maximum absolute atomic E-state index is 12.6. The third kappa shape index (κ3) is 3.27. The minimum absolute atomic E-state index is 0. The largest absolute Gasteiger partial charge is 0.486 e. The number of ether oxygens (including phenoxy) is 2. The third-order valence-corrected chi connectivity index (χ3v) is 4.19. The average molecular weight is 378 g/mol. The molecule has 0 spiro atoms. The van der Waals surface area contributed by atoms with E-state index < -0.39 is 0 Å². The Bertz CT molecular complexity index is 541. The minimum atomic E-state index is 0. The summed E-state index contributed by atoms with van der Waals surface area (Å²) in [5, 5.41) is 3.28. The monoisotopic (exact) mass is 376 g/mol. The number of piperazine rings is 1. The van der Waals surface area contributed by atoms with Crippen molar-refractivity contribution in [2.45, 2.75) is 13.0 Å². The van der Waals surface area contributed by atoms with Gasteiger partial charge in [-0.2, -0.15) is 0 Å². The Morgan fingerprint density at radius 2 is 2.14 bits per heavy atom. The quantitative estimate of drug-likeness (QED) is 0.814. The van der Waals surface area contributed by atoms with Gasteiger partial charge in [-0.05, 0) is 35.0 Å². The summed E-state index contributed by atoms with van der Waals surface area (Å²) in [5.41, 5.74) is 0.634. The van der Waals surface area contributed by atoms with Crippen molar-refractivity contribution in [2.24, 2.45) is 0 Å². The molecule has 0 aromatic heterocycles. The molecule has 1 atom stereocenters. The van der Waals surface area contributed by atoms with E-state index in [0.29, 0.717) is 30.3 Å². The first-order valence-corrected chi connectivity index (χ1v) is 7.57. The van der Waals surface area contributed by atoms with Crippen molar-refractivity contribution in [1.29, 1.82) is 0 Å². The van der Waals surface area contributed by atoms with Crippen molar-refractivity contribution in [3.05, 3.63) is 22.2 Å². The topological polar surface area (TPSA) is 50.8 Å². The van der Waals surface area contributed by atoms with Crippen molar-refractivity contribution in [2.75, 3.05) is 32.8 Å². The van der Waals surface area contributed by atoms with E-state index in [1.54, 1.807) is 6.07 Å². The maximum atomic E-state index is 12.6. The van der Waals surface area contributed by atoms with Gasteiger partial charge in [-0.25, -0.2) is 0 Å². The lowest BCUT2D eigenvalue weighted by molar-refractivity contribution is 0.0654. The summed E-state index contributed by atoms with van der Waals surface area (Å²) in [6, 6.07) is 3.78. The molecule has 116 valence electrons. The highest BCUT2D eigenvalue weighted by Crippen LogP contribution is 2.38. The molecule has 2 aliphatic rings. The van der Waals surface area contributed by atoms with E-state index in [-0.39, 0.29) is 24.4 Å². The molecular formula is C14H18BrClN2O3. The molecule has 1 aromatic carbocycles. The van der Waals surface area contributed by atoms with Crippen LogP contribution in [0.3, 0.4) is 0 Å². The molecule has 1 fully saturated rings. The fourth-order valence-corrected chi connectivity index (χ4v) is 3.10. The molecular weight excluding hydrogens is 360 g/mol. The molecule has 2 aliphatic heterocycles. The summed E-state index contributed by atoms with van der Waals surface area (Å²) < 4.78 is 11.9. The summed E-state index contributed by atoms with van der Waals surface area (Å²) >= 11 is 3.45. The zero-order chi connectivity index (χ0) is 14.1. The number of fused-ring (bicyclic) bond motifs is 1. The number of hydrogen-bond acceptors (Lipinski definition) is 4. The molecule has 3 rings (SSSR count). The highest BCUT2D eigenvalue weighted by molar-refractivity contribution is 9.10. The summed E-state index contributed by atoms with van der Waals surface area (Å²) in [6.07, 6.45) is 0. The SMILES string of the molecule is C[C@H]1CNCCN1C(=O)c1cc(Br)c2c(c1)OCCO2.Cl. The number of halogens is 2. The molecule has 1 amide bonds. The minimum Gasteiger partial charge on any atom is -0.486 e. The van der Waals surface area contributed by atoms with Crippen LogP contribution in [0.15, 0.2) is 16.6 Å². The smallest absolute Gasteiger partial charge is 0.254 e. The van der Waals surface area contributed by atoms with Crippen molar-refractivity contribution in [3.8, 4) is 11.5 Å². The number of nitrogens with one attached hydrogen (secondary N) is 1. The number of benzene rings is 1. The second-order valence-electron chi connectivity index (χ2n) is 5.03. The van der Waals surface area contributed by atoms with E-state index in [4.69, 9.17) is 9.47 Å². The van der Waals surface area contributed by atoms with Crippen LogP contribution in [0.5, 0.6) is 11.5 Å². The molecule has 1 aromatic rings. The number of hydrogen-bond donors (Lipinski definition) is 1. The number of nitrogens with zero attached hydrogens (tertiary/aromatic N) is 1. The lowest BCUT2D eigenvalue weighted by Crippen LogP contribution is -2.52. The highest BCUT2D eigenvalue weighted by Gasteiger charge is 2.26. The van der Waals surface area contributed by atoms with Gasteiger partial charge in [0.1, 0.15) is 13.2 Å². The Morgan fingerprint density at radius 3 is 2.90 bits per heavy atom. The van der Waals surface area contributed by atoms with Gasteiger partial charge in [0.05, 0.1) is 4.47 Å². The zero-order valence-corrected chi connectivity index (χ0v) is 14.1. The lowest BCUT2D eigenvalue weighted by Gasteiger charge is -2.34. The molecule has 2 heterocycles. The first kappa shape index (κ1) is 16.4. The maximum Gasteiger partial charge on any atom is 0.254 e. The van der Waals surface area contributed by atoms with E-state index >= 15 is 0 Å². The Hall–Kier alpha value is -0.980. The molecule has 0 aliphatic carbocycles. The van der Waals surface area contributed by atoms with Crippen molar-refractivity contribution >= 4 is 34.2 Å². The van der Waals surface area contributed by atoms with Gasteiger partial charge in [0.2, 0.25) is 0 Å². The Morgan fingerprint density at radius 1 is 1.38 bits per heavy atom. The predicted molar refractivity (Wildman–Crippen MR) is 85.7 cm³/mol. The Kier molecular flexibility index (Phi) is 5.35. The Labute approximate surface area is 138 Å². The van der Waals surface area contributed by atoms with E-state index in [9.17, 15) is 4.79 Å². The van der Waals surface area contributed by atoms with Gasteiger partial charge < -0.3 is 19.7 Å². The van der Waals surface area contributed by atoms with Gasteiger partial charge in [0.15, 0.2) is 11.5 Å². The van der Waals surface area contributed by atoms with E-state index in [1.807, 2.05) is 11.0 Å². The van der Waals surface area contributed by atoms with Crippen LogP contribution in [-0.4, -0.2) is 49.7 Å². The van der Waals surface area contributed by atoms with Gasteiger partial charge >= 0.3 is 0 Å². The van der Waals surface area contributed by atoms with Crippen LogP contribution in [0.25, 0.3) is 0 Å². The summed E-state index contributed by atoms with van der Waals surface area (Å²) in [7, 11) is 0. The summed E-state index contributed by atoms with van der Waals surface area (Å²) in [6.45, 7) is 5.50. The molecule has 21 heavy (non-hydrogen) atoms. The van der Waals surface area contributed by atoms with Gasteiger partial charge in [0, 0.05) is 31.2 Å². The molecule has 0 radical (unpaired) electrons. The Balaban J connectivity index is 0.00000161. The van der Waals surface area contributed by atoms with Crippen LogP contribution >= 0.6 is 28.3 Å². The molecule has 1 N–H and O–H groups in total. The fraction of sp³-hybridized carbons (Fsp3) is 0.500. The molecule has 1 saturated heterocycles. The highest BCUT2D eigenvalue weighted by atomic mass is 79.9. The number of carbonyl (C=O) groups is 1. The fourth-order valence-electron chi connectivity index (χ4n) is 2.54. The van der Waals surface area contributed by atoms with E-state index in [1.165, 1.54) is 0 Å². The molecule has 5 nitrogen and oxygen atoms in total. The second-order valence-corrected chi connectivity index (χ2v) is 5.89. The second kappa shape index (κ2) is 6.85. The molecule has 0 unspecified atom stereocenters. The van der Waals surface area contributed by atoms with Crippen molar-refractivity contribution in [1.82, 2.24) is 10.2 Å². The standard InChI is InChI=1S/C14H17BrN2O3.ClH/c1-9-8-16-2-3-17(9)14(18)10-6-11(15)13-12(7-10)19-4-5-20-13;/h6-7,9,16H,2-5,8H2,1H3;1H/t9-;/m0./s1. The average Bonchev–Trinajstić information content (AvgIpc) is 2.47. The summed E-state index contributed by atoms with van der Waals surface area (Å²) in [5.74, 6) is 1.36. The van der Waals surface area contributed by atoms with E-state index in [2.05, 4.69) is 28.2 Å². The van der Waals surface area contributed by atoms with Crippen molar-refractivity contribution in [3.63, 3.8) is 0 Å². The molecule has 7 heteroatoms. The van der Waals surface area contributed by atoms with Crippen LogP contribution in [0.1, 0.15) is 17.3 Å². The number of carbonyl (C=O) groups excluding carboxylic acids is 1. The first-order chi connectivity index (χ1) is 9.66. The van der Waals surface area contributed by atoms with Gasteiger partial charge in [-0.1, -0.05) is 0 Å². The normalized spacial score (nSPS) is 20.7. The van der Waals surface area contributed by atoms with E-state index in [0.717, 1.165) is 24.1 Å².